The molecule has 36 heavy (non-hydrogen) atoms. The molecule has 1 aromatic carbocycles. The molecule has 1 aliphatic heterocycles. The van der Waals surface area contributed by atoms with Gasteiger partial charge in [-0.05, 0) is 37.1 Å². The molecule has 188 valence electrons. The maximum Gasteiger partial charge on any atom is 0.419 e. The third kappa shape index (κ3) is 5.58. The van der Waals surface area contributed by atoms with E-state index in [1.54, 1.807) is 6.07 Å². The lowest BCUT2D eigenvalue weighted by Gasteiger charge is -2.29. The summed E-state index contributed by atoms with van der Waals surface area (Å²) in [5.74, 6) is -0.802. The molecule has 13 heteroatoms. The summed E-state index contributed by atoms with van der Waals surface area (Å²) in [6.07, 6.45) is -1.40. The smallest absolute Gasteiger partial charge is 0.419 e. The Morgan fingerprint density at radius 2 is 2.08 bits per heavy atom. The van der Waals surface area contributed by atoms with E-state index in [-0.39, 0.29) is 41.0 Å². The number of pyridine rings is 1. The lowest BCUT2D eigenvalue weighted by molar-refractivity contribution is -0.138. The first-order valence-electron chi connectivity index (χ1n) is 10.6. The van der Waals surface area contributed by atoms with Crippen LogP contribution in [0.15, 0.2) is 47.5 Å². The van der Waals surface area contributed by atoms with E-state index in [1.165, 1.54) is 18.3 Å². The van der Waals surface area contributed by atoms with Crippen molar-refractivity contribution in [1.82, 2.24) is 14.8 Å². The SMILES string of the molecule is N#Cc1ccc(C(F)(F)F)c(Oc2ccc(-n3ncc(NC[C@@]4(F)CCCOC4)c(Cl)c3=O)cn2)c1. The third-order valence-corrected chi connectivity index (χ3v) is 5.75. The fourth-order valence-corrected chi connectivity index (χ4v) is 3.73. The molecule has 1 saturated heterocycles. The van der Waals surface area contributed by atoms with E-state index in [2.05, 4.69) is 15.4 Å². The van der Waals surface area contributed by atoms with Crippen LogP contribution in [0.4, 0.5) is 23.2 Å². The van der Waals surface area contributed by atoms with Crippen molar-refractivity contribution in [2.75, 3.05) is 25.1 Å². The molecular weight excluding hydrogens is 506 g/mol. The summed E-state index contributed by atoms with van der Waals surface area (Å²) < 4.78 is 66.0. The molecule has 1 aliphatic rings. The average molecular weight is 524 g/mol. The van der Waals surface area contributed by atoms with E-state index < -0.39 is 28.7 Å². The van der Waals surface area contributed by atoms with Crippen molar-refractivity contribution in [3.63, 3.8) is 0 Å². The van der Waals surface area contributed by atoms with Crippen LogP contribution < -0.4 is 15.6 Å². The Labute approximate surface area is 207 Å². The minimum absolute atomic E-state index is 0.0246. The van der Waals surface area contributed by atoms with Crippen LogP contribution in [0.5, 0.6) is 11.6 Å². The van der Waals surface area contributed by atoms with Crippen LogP contribution in [0, 0.1) is 11.3 Å². The Morgan fingerprint density at radius 3 is 2.72 bits per heavy atom. The lowest BCUT2D eigenvalue weighted by Crippen LogP contribution is -2.40. The van der Waals surface area contributed by atoms with E-state index in [4.69, 9.17) is 26.3 Å². The Balaban J connectivity index is 1.53. The molecule has 8 nitrogen and oxygen atoms in total. The Kier molecular flexibility index (Phi) is 7.14. The first-order chi connectivity index (χ1) is 17.1. The molecule has 0 aliphatic carbocycles. The van der Waals surface area contributed by atoms with Crippen molar-refractivity contribution in [2.45, 2.75) is 24.7 Å². The molecule has 0 amide bonds. The second-order valence-corrected chi connectivity index (χ2v) is 8.40. The van der Waals surface area contributed by atoms with E-state index in [1.807, 2.05) is 0 Å². The van der Waals surface area contributed by atoms with Crippen molar-refractivity contribution in [3.8, 4) is 23.4 Å². The summed E-state index contributed by atoms with van der Waals surface area (Å²) in [5.41, 5.74) is -3.10. The van der Waals surface area contributed by atoms with Crippen LogP contribution in [-0.4, -0.2) is 40.2 Å². The van der Waals surface area contributed by atoms with Crippen molar-refractivity contribution in [1.29, 1.82) is 5.26 Å². The molecule has 0 radical (unpaired) electrons. The fourth-order valence-electron chi connectivity index (χ4n) is 3.53. The van der Waals surface area contributed by atoms with Gasteiger partial charge in [-0.1, -0.05) is 11.6 Å². The van der Waals surface area contributed by atoms with Gasteiger partial charge in [0.05, 0.1) is 54.1 Å². The summed E-state index contributed by atoms with van der Waals surface area (Å²) >= 11 is 6.17. The zero-order chi connectivity index (χ0) is 25.9. The number of ether oxygens (including phenoxy) is 2. The molecule has 1 fully saturated rings. The van der Waals surface area contributed by atoms with Crippen molar-refractivity contribution >= 4 is 17.3 Å². The van der Waals surface area contributed by atoms with Crippen LogP contribution >= 0.6 is 11.6 Å². The number of hydrogen-bond donors (Lipinski definition) is 1. The van der Waals surface area contributed by atoms with Gasteiger partial charge in [0.15, 0.2) is 5.67 Å². The number of hydrogen-bond acceptors (Lipinski definition) is 7. The molecule has 0 saturated carbocycles. The van der Waals surface area contributed by atoms with Gasteiger partial charge in [0.25, 0.3) is 5.56 Å². The molecule has 0 unspecified atom stereocenters. The number of alkyl halides is 4. The summed E-state index contributed by atoms with van der Waals surface area (Å²) in [4.78, 5) is 16.7. The highest BCUT2D eigenvalue weighted by atomic mass is 35.5. The summed E-state index contributed by atoms with van der Waals surface area (Å²) in [6, 6.07) is 7.06. The summed E-state index contributed by atoms with van der Waals surface area (Å²) in [7, 11) is 0. The van der Waals surface area contributed by atoms with Gasteiger partial charge >= 0.3 is 6.18 Å². The number of nitriles is 1. The predicted molar refractivity (Wildman–Crippen MR) is 121 cm³/mol. The Hall–Kier alpha value is -3.69. The molecule has 0 bridgehead atoms. The summed E-state index contributed by atoms with van der Waals surface area (Å²) in [5, 5.41) is 15.6. The van der Waals surface area contributed by atoms with Gasteiger partial charge in [-0.3, -0.25) is 4.79 Å². The maximum absolute atomic E-state index is 14.7. The highest BCUT2D eigenvalue weighted by Gasteiger charge is 2.35. The van der Waals surface area contributed by atoms with Gasteiger partial charge in [0.1, 0.15) is 10.8 Å². The molecule has 1 atom stereocenters. The largest absolute Gasteiger partial charge is 0.438 e. The van der Waals surface area contributed by atoms with Crippen molar-refractivity contribution in [3.05, 3.63) is 69.2 Å². The standard InChI is InChI=1S/C23H18ClF4N5O3/c24-20-17(31-12-22(25)6-1-7-35-13-22)11-32-33(21(20)34)15-3-5-19(30-10-15)36-18-8-14(9-29)2-4-16(18)23(26,27)28/h2-5,8,10-11,31H,1,6-7,12-13H2/t22-/m0/s1. The second kappa shape index (κ2) is 10.1. The molecule has 2 aromatic heterocycles. The quantitative estimate of drug-likeness (QED) is 0.459. The highest BCUT2D eigenvalue weighted by molar-refractivity contribution is 6.32. The van der Waals surface area contributed by atoms with E-state index in [9.17, 15) is 22.4 Å². The summed E-state index contributed by atoms with van der Waals surface area (Å²) in [6.45, 7) is 0.323. The normalized spacial score (nSPS) is 17.9. The Morgan fingerprint density at radius 1 is 1.28 bits per heavy atom. The number of rotatable bonds is 6. The predicted octanol–water partition coefficient (Wildman–Crippen LogP) is 4.89. The monoisotopic (exact) mass is 523 g/mol. The number of nitrogens with zero attached hydrogens (tertiary/aromatic N) is 4. The maximum atomic E-state index is 14.7. The topological polar surface area (TPSA) is 102 Å². The van der Waals surface area contributed by atoms with E-state index in [0.717, 1.165) is 29.1 Å². The molecule has 3 aromatic rings. The van der Waals surface area contributed by atoms with Crippen LogP contribution in [0.1, 0.15) is 24.0 Å². The van der Waals surface area contributed by atoms with Crippen LogP contribution in [-0.2, 0) is 10.9 Å². The van der Waals surface area contributed by atoms with Gasteiger partial charge in [0, 0.05) is 12.7 Å². The van der Waals surface area contributed by atoms with Gasteiger partial charge in [-0.2, -0.15) is 28.2 Å². The molecule has 1 N–H and O–H groups in total. The van der Waals surface area contributed by atoms with E-state index in [0.29, 0.717) is 19.4 Å². The average Bonchev–Trinajstić information content (AvgIpc) is 2.85. The Bertz CT molecular complexity index is 1350. The minimum Gasteiger partial charge on any atom is -0.438 e. The fraction of sp³-hybridized carbons (Fsp3) is 0.304. The number of halogens is 5. The van der Waals surface area contributed by atoms with Gasteiger partial charge in [0.2, 0.25) is 5.88 Å². The van der Waals surface area contributed by atoms with Crippen LogP contribution in [0.3, 0.4) is 0 Å². The number of benzene rings is 1. The van der Waals surface area contributed by atoms with Gasteiger partial charge in [-0.15, -0.1) is 0 Å². The molecule has 3 heterocycles. The molecule has 4 rings (SSSR count). The number of anilines is 1. The lowest BCUT2D eigenvalue weighted by atomic mass is 9.99. The van der Waals surface area contributed by atoms with Gasteiger partial charge < -0.3 is 14.8 Å². The zero-order valence-electron chi connectivity index (χ0n) is 18.5. The third-order valence-electron chi connectivity index (χ3n) is 5.38. The second-order valence-electron chi connectivity index (χ2n) is 8.03. The highest BCUT2D eigenvalue weighted by Crippen LogP contribution is 2.38. The zero-order valence-corrected chi connectivity index (χ0v) is 19.2. The molecular formula is C23H18ClF4N5O3. The number of nitrogens with one attached hydrogen (secondary N) is 1. The minimum atomic E-state index is -4.71. The number of aromatic nitrogens is 3. The van der Waals surface area contributed by atoms with E-state index >= 15 is 0 Å². The van der Waals surface area contributed by atoms with Gasteiger partial charge in [-0.25, -0.2) is 9.37 Å². The van der Waals surface area contributed by atoms with Crippen molar-refractivity contribution in [2.24, 2.45) is 0 Å². The van der Waals surface area contributed by atoms with Crippen molar-refractivity contribution < 1.29 is 27.0 Å². The van der Waals surface area contributed by atoms with Crippen LogP contribution in [0.25, 0.3) is 5.69 Å². The van der Waals surface area contributed by atoms with Crippen LogP contribution in [0.2, 0.25) is 5.02 Å². The first kappa shape index (κ1) is 25.4. The molecule has 0 spiro atoms. The first-order valence-corrected chi connectivity index (χ1v) is 11.0.